The van der Waals surface area contributed by atoms with Crippen LogP contribution in [0.5, 0.6) is 0 Å². The maximum Gasteiger partial charge on any atom is 0.0817 e. The standard InChI is InChI=1S/C22H25N3O/c1-24-15-19(14-17-8-4-2-5-9-17)21-20(16-24)22(25(23-21)12-13-26)18-10-6-3-7-11-18/h2-11,14,20,22,26H,12-13,15-16H2,1H3/b19-14+. The number of aliphatic hydroxyl groups excluding tert-OH is 1. The molecular weight excluding hydrogens is 322 g/mol. The van der Waals surface area contributed by atoms with Gasteiger partial charge < -0.3 is 10.0 Å². The number of piperidine rings is 1. The Kier molecular flexibility index (Phi) is 4.87. The van der Waals surface area contributed by atoms with Crippen molar-refractivity contribution in [2.75, 3.05) is 33.3 Å². The van der Waals surface area contributed by atoms with Gasteiger partial charge in [-0.2, -0.15) is 5.10 Å². The minimum atomic E-state index is 0.112. The topological polar surface area (TPSA) is 39.1 Å². The summed E-state index contributed by atoms with van der Waals surface area (Å²) in [6.45, 7) is 2.55. The van der Waals surface area contributed by atoms with Crippen molar-refractivity contribution >= 4 is 11.8 Å². The van der Waals surface area contributed by atoms with Crippen molar-refractivity contribution in [2.45, 2.75) is 6.04 Å². The summed E-state index contributed by atoms with van der Waals surface area (Å²) in [6, 6.07) is 21.2. The number of likely N-dealkylation sites (tertiary alicyclic amines) is 1. The molecule has 4 nitrogen and oxygen atoms in total. The van der Waals surface area contributed by atoms with Crippen LogP contribution < -0.4 is 0 Å². The van der Waals surface area contributed by atoms with E-state index in [4.69, 9.17) is 5.10 Å². The molecule has 0 bridgehead atoms. The van der Waals surface area contributed by atoms with E-state index in [0.29, 0.717) is 12.5 Å². The van der Waals surface area contributed by atoms with Crippen molar-refractivity contribution in [3.63, 3.8) is 0 Å². The summed E-state index contributed by atoms with van der Waals surface area (Å²) < 4.78 is 0. The molecule has 0 radical (unpaired) electrons. The molecule has 2 aliphatic rings. The molecule has 2 unspecified atom stereocenters. The van der Waals surface area contributed by atoms with Crippen LogP contribution in [0, 0.1) is 5.92 Å². The molecule has 4 heteroatoms. The predicted octanol–water partition coefficient (Wildman–Crippen LogP) is 3.04. The summed E-state index contributed by atoms with van der Waals surface area (Å²) >= 11 is 0. The SMILES string of the molecule is CN1C/C(=C\c2ccccc2)C2=NN(CCO)C(c3ccccc3)C2C1. The van der Waals surface area contributed by atoms with E-state index in [9.17, 15) is 5.11 Å². The maximum absolute atomic E-state index is 9.54. The molecule has 0 spiro atoms. The normalized spacial score (nSPS) is 24.6. The summed E-state index contributed by atoms with van der Waals surface area (Å²) in [7, 11) is 2.17. The Morgan fingerprint density at radius 1 is 1.08 bits per heavy atom. The first-order chi connectivity index (χ1) is 12.8. The first-order valence-electron chi connectivity index (χ1n) is 9.22. The molecule has 4 rings (SSSR count). The molecule has 134 valence electrons. The zero-order valence-electron chi connectivity index (χ0n) is 15.1. The smallest absolute Gasteiger partial charge is 0.0817 e. The molecule has 2 aliphatic heterocycles. The highest BCUT2D eigenvalue weighted by Crippen LogP contribution is 2.40. The van der Waals surface area contributed by atoms with Gasteiger partial charge in [-0.3, -0.25) is 5.01 Å². The quantitative estimate of drug-likeness (QED) is 0.924. The van der Waals surface area contributed by atoms with Crippen LogP contribution in [-0.2, 0) is 0 Å². The third kappa shape index (κ3) is 3.30. The highest BCUT2D eigenvalue weighted by molar-refractivity contribution is 6.07. The van der Waals surface area contributed by atoms with Crippen LogP contribution >= 0.6 is 0 Å². The number of rotatable bonds is 4. The highest BCUT2D eigenvalue weighted by Gasteiger charge is 2.42. The molecule has 1 N–H and O–H groups in total. The van der Waals surface area contributed by atoms with Gasteiger partial charge >= 0.3 is 0 Å². The fourth-order valence-corrected chi connectivity index (χ4v) is 4.11. The van der Waals surface area contributed by atoms with E-state index >= 15 is 0 Å². The average molecular weight is 347 g/mol. The number of β-amino-alcohol motifs (C(OH)–C–C–N with tert-alkyl or cyclic N) is 1. The zero-order chi connectivity index (χ0) is 17.9. The first-order valence-corrected chi connectivity index (χ1v) is 9.22. The Morgan fingerprint density at radius 2 is 1.77 bits per heavy atom. The number of hydrogen-bond donors (Lipinski definition) is 1. The van der Waals surface area contributed by atoms with Gasteiger partial charge in [0.2, 0.25) is 0 Å². The molecule has 0 aliphatic carbocycles. The average Bonchev–Trinajstić information content (AvgIpc) is 3.02. The molecule has 0 aromatic heterocycles. The lowest BCUT2D eigenvalue weighted by atomic mass is 9.83. The summed E-state index contributed by atoms with van der Waals surface area (Å²) in [4.78, 5) is 2.37. The lowest BCUT2D eigenvalue weighted by Gasteiger charge is -2.34. The van der Waals surface area contributed by atoms with E-state index in [-0.39, 0.29) is 12.6 Å². The van der Waals surface area contributed by atoms with E-state index in [1.54, 1.807) is 0 Å². The van der Waals surface area contributed by atoms with Gasteiger partial charge in [-0.25, -0.2) is 0 Å². The minimum absolute atomic E-state index is 0.112. The molecule has 26 heavy (non-hydrogen) atoms. The van der Waals surface area contributed by atoms with Gasteiger partial charge in [0.25, 0.3) is 0 Å². The van der Waals surface area contributed by atoms with E-state index in [0.717, 1.165) is 13.1 Å². The van der Waals surface area contributed by atoms with Crippen molar-refractivity contribution in [2.24, 2.45) is 11.0 Å². The Hall–Kier alpha value is -2.43. The highest BCUT2D eigenvalue weighted by atomic mass is 16.3. The molecule has 1 saturated heterocycles. The molecular formula is C22H25N3O. The number of aliphatic hydroxyl groups is 1. The molecule has 2 aromatic carbocycles. The van der Waals surface area contributed by atoms with Crippen LogP contribution in [0.2, 0.25) is 0 Å². The van der Waals surface area contributed by atoms with Crippen molar-refractivity contribution in [3.8, 4) is 0 Å². The Bertz CT molecular complexity index is 801. The number of hydrogen-bond acceptors (Lipinski definition) is 4. The van der Waals surface area contributed by atoms with E-state index in [1.807, 2.05) is 12.1 Å². The second-order valence-corrected chi connectivity index (χ2v) is 7.11. The van der Waals surface area contributed by atoms with Gasteiger partial charge in [0, 0.05) is 19.0 Å². The molecule has 2 atom stereocenters. The predicted molar refractivity (Wildman–Crippen MR) is 106 cm³/mol. The minimum Gasteiger partial charge on any atom is -0.394 e. The number of nitrogens with zero attached hydrogens (tertiary/aromatic N) is 3. The third-order valence-corrected chi connectivity index (χ3v) is 5.18. The Morgan fingerprint density at radius 3 is 2.46 bits per heavy atom. The molecule has 0 saturated carbocycles. The molecule has 0 amide bonds. The van der Waals surface area contributed by atoms with Gasteiger partial charge in [-0.1, -0.05) is 60.7 Å². The number of benzene rings is 2. The van der Waals surface area contributed by atoms with Crippen LogP contribution in [0.3, 0.4) is 0 Å². The van der Waals surface area contributed by atoms with Crippen molar-refractivity contribution < 1.29 is 5.11 Å². The Labute approximate surface area is 155 Å². The van der Waals surface area contributed by atoms with E-state index in [2.05, 4.69) is 71.6 Å². The van der Waals surface area contributed by atoms with Crippen molar-refractivity contribution in [1.29, 1.82) is 0 Å². The van der Waals surface area contributed by atoms with Gasteiger partial charge in [0.1, 0.15) is 0 Å². The van der Waals surface area contributed by atoms with Gasteiger partial charge in [-0.05, 0) is 29.8 Å². The van der Waals surface area contributed by atoms with Crippen molar-refractivity contribution in [3.05, 3.63) is 77.4 Å². The van der Waals surface area contributed by atoms with Crippen LogP contribution in [0.1, 0.15) is 17.2 Å². The van der Waals surface area contributed by atoms with Crippen molar-refractivity contribution in [1.82, 2.24) is 9.91 Å². The fourth-order valence-electron chi connectivity index (χ4n) is 4.11. The third-order valence-electron chi connectivity index (χ3n) is 5.18. The van der Waals surface area contributed by atoms with E-state index < -0.39 is 0 Å². The second-order valence-electron chi connectivity index (χ2n) is 7.11. The Balaban J connectivity index is 1.73. The summed E-state index contributed by atoms with van der Waals surface area (Å²) in [5.74, 6) is 0.317. The van der Waals surface area contributed by atoms with E-state index in [1.165, 1.54) is 22.4 Å². The number of fused-ring (bicyclic) bond motifs is 1. The first kappa shape index (κ1) is 17.0. The van der Waals surface area contributed by atoms with Crippen LogP contribution in [-0.4, -0.2) is 54.0 Å². The van der Waals surface area contributed by atoms with Crippen LogP contribution in [0.25, 0.3) is 6.08 Å². The lowest BCUT2D eigenvalue weighted by Crippen LogP contribution is -2.42. The number of hydrazone groups is 1. The summed E-state index contributed by atoms with van der Waals surface area (Å²) in [5, 5.41) is 16.6. The monoisotopic (exact) mass is 347 g/mol. The maximum atomic E-state index is 9.54. The van der Waals surface area contributed by atoms with Gasteiger partial charge in [0.15, 0.2) is 0 Å². The lowest BCUT2D eigenvalue weighted by molar-refractivity contribution is 0.143. The largest absolute Gasteiger partial charge is 0.394 e. The zero-order valence-corrected chi connectivity index (χ0v) is 15.1. The molecule has 2 aromatic rings. The fraction of sp³-hybridized carbons (Fsp3) is 0.318. The van der Waals surface area contributed by atoms with Crippen LogP contribution in [0.4, 0.5) is 0 Å². The number of likely N-dealkylation sites (N-methyl/N-ethyl adjacent to an activating group) is 1. The summed E-state index contributed by atoms with van der Waals surface area (Å²) in [6.07, 6.45) is 2.26. The second kappa shape index (κ2) is 7.44. The molecule has 2 heterocycles. The van der Waals surface area contributed by atoms with Gasteiger partial charge in [-0.15, -0.1) is 0 Å². The molecule has 1 fully saturated rings. The van der Waals surface area contributed by atoms with Gasteiger partial charge in [0.05, 0.1) is 24.9 Å². The summed E-state index contributed by atoms with van der Waals surface area (Å²) in [5.41, 5.74) is 4.92. The van der Waals surface area contributed by atoms with Crippen LogP contribution in [0.15, 0.2) is 71.3 Å².